The third-order valence-corrected chi connectivity index (χ3v) is 5.36. The molecule has 2 aromatic rings. The first-order chi connectivity index (χ1) is 13.2. The van der Waals surface area contributed by atoms with Crippen LogP contribution < -0.4 is 9.47 Å². The molecule has 8 heteroatoms. The first kappa shape index (κ1) is 21.9. The SMILES string of the molecule is COc1ccc(CCN=C(CS(=O)c2ccc(C)cc2)C(F)(F)F)cc1OC. The zero-order valence-electron chi connectivity index (χ0n) is 15.9. The minimum atomic E-state index is -4.63. The number of aliphatic imine (C=N–C) groups is 1. The van der Waals surface area contributed by atoms with E-state index in [0.29, 0.717) is 16.4 Å². The van der Waals surface area contributed by atoms with Gasteiger partial charge in [-0.25, -0.2) is 0 Å². The molecule has 0 aliphatic heterocycles. The zero-order chi connectivity index (χ0) is 20.7. The van der Waals surface area contributed by atoms with Crippen molar-refractivity contribution in [1.82, 2.24) is 0 Å². The summed E-state index contributed by atoms with van der Waals surface area (Å²) in [6.07, 6.45) is -4.34. The standard InChI is InChI=1S/C20H22F3NO3S/c1-14-4-7-16(8-5-14)28(25)13-19(20(21,22)23)24-11-10-15-6-9-17(26-2)18(12-15)27-3/h4-9,12H,10-11,13H2,1-3H3. The molecule has 0 amide bonds. The molecule has 0 aromatic heterocycles. The molecule has 0 aliphatic carbocycles. The van der Waals surface area contributed by atoms with Crippen molar-refractivity contribution in [1.29, 1.82) is 0 Å². The van der Waals surface area contributed by atoms with Crippen molar-refractivity contribution in [2.24, 2.45) is 4.99 Å². The molecular formula is C20H22F3NO3S. The molecular weight excluding hydrogens is 391 g/mol. The highest BCUT2D eigenvalue weighted by atomic mass is 32.2. The summed E-state index contributed by atoms with van der Waals surface area (Å²) in [5.74, 6) is 0.373. The van der Waals surface area contributed by atoms with Crippen LogP contribution in [0.2, 0.25) is 0 Å². The Balaban J connectivity index is 2.10. The summed E-state index contributed by atoms with van der Waals surface area (Å²) in [5, 5.41) is 0. The molecule has 2 aromatic carbocycles. The molecule has 0 heterocycles. The first-order valence-corrected chi connectivity index (χ1v) is 9.83. The zero-order valence-corrected chi connectivity index (χ0v) is 16.7. The van der Waals surface area contributed by atoms with Gasteiger partial charge < -0.3 is 9.47 Å². The average molecular weight is 413 g/mol. The lowest BCUT2D eigenvalue weighted by atomic mass is 10.1. The van der Waals surface area contributed by atoms with Gasteiger partial charge in [0.1, 0.15) is 5.71 Å². The van der Waals surface area contributed by atoms with Gasteiger partial charge in [-0.2, -0.15) is 13.2 Å². The summed E-state index contributed by atoms with van der Waals surface area (Å²) >= 11 is 0. The van der Waals surface area contributed by atoms with Crippen molar-refractivity contribution < 1.29 is 26.9 Å². The Hall–Kier alpha value is -2.35. The fourth-order valence-corrected chi connectivity index (χ4v) is 3.58. The van der Waals surface area contributed by atoms with Gasteiger partial charge in [-0.15, -0.1) is 0 Å². The normalized spacial score (nSPS) is 13.3. The molecule has 0 saturated carbocycles. The van der Waals surface area contributed by atoms with Crippen LogP contribution in [-0.4, -0.2) is 42.6 Å². The lowest BCUT2D eigenvalue weighted by Crippen LogP contribution is -2.29. The quantitative estimate of drug-likeness (QED) is 0.604. The number of halogens is 3. The molecule has 1 atom stereocenters. The van der Waals surface area contributed by atoms with E-state index in [1.54, 1.807) is 42.5 Å². The largest absolute Gasteiger partial charge is 0.493 e. The van der Waals surface area contributed by atoms with E-state index in [4.69, 9.17) is 9.47 Å². The Bertz CT molecular complexity index is 849. The summed E-state index contributed by atoms with van der Waals surface area (Å²) < 4.78 is 62.5. The van der Waals surface area contributed by atoms with E-state index < -0.39 is 28.4 Å². The lowest BCUT2D eigenvalue weighted by molar-refractivity contribution is -0.0591. The van der Waals surface area contributed by atoms with E-state index in [9.17, 15) is 17.4 Å². The number of aryl methyl sites for hydroxylation is 1. The van der Waals surface area contributed by atoms with Crippen molar-refractivity contribution in [2.75, 3.05) is 26.5 Å². The van der Waals surface area contributed by atoms with Crippen LogP contribution in [0.15, 0.2) is 52.4 Å². The summed E-state index contributed by atoms with van der Waals surface area (Å²) in [6, 6.07) is 11.7. The van der Waals surface area contributed by atoms with Crippen LogP contribution in [0.4, 0.5) is 13.2 Å². The van der Waals surface area contributed by atoms with E-state index >= 15 is 0 Å². The van der Waals surface area contributed by atoms with Crippen molar-refractivity contribution >= 4 is 16.5 Å². The molecule has 0 fully saturated rings. The molecule has 4 nitrogen and oxygen atoms in total. The summed E-state index contributed by atoms with van der Waals surface area (Å²) in [6.45, 7) is 1.78. The van der Waals surface area contributed by atoms with Gasteiger partial charge in [0.05, 0.1) is 30.8 Å². The minimum absolute atomic E-state index is 0.0740. The van der Waals surface area contributed by atoms with Gasteiger partial charge in [0, 0.05) is 11.4 Å². The van der Waals surface area contributed by atoms with E-state index in [-0.39, 0.29) is 13.0 Å². The Labute approximate surface area is 164 Å². The van der Waals surface area contributed by atoms with Crippen LogP contribution in [0.1, 0.15) is 11.1 Å². The highest BCUT2D eigenvalue weighted by Crippen LogP contribution is 2.28. The fraction of sp³-hybridized carbons (Fsp3) is 0.350. The van der Waals surface area contributed by atoms with E-state index in [2.05, 4.69) is 4.99 Å². The number of methoxy groups -OCH3 is 2. The number of hydrogen-bond acceptors (Lipinski definition) is 4. The lowest BCUT2D eigenvalue weighted by Gasteiger charge is -2.12. The monoisotopic (exact) mass is 413 g/mol. The molecule has 0 saturated heterocycles. The number of alkyl halides is 3. The van der Waals surface area contributed by atoms with Crippen molar-refractivity contribution in [2.45, 2.75) is 24.4 Å². The van der Waals surface area contributed by atoms with E-state index in [0.717, 1.165) is 11.1 Å². The maximum atomic E-state index is 13.3. The second-order valence-electron chi connectivity index (χ2n) is 6.07. The number of benzene rings is 2. The second kappa shape index (κ2) is 9.73. The molecule has 2 rings (SSSR count). The summed E-state index contributed by atoms with van der Waals surface area (Å²) in [4.78, 5) is 4.05. The van der Waals surface area contributed by atoms with Gasteiger partial charge in [0.2, 0.25) is 0 Å². The Morgan fingerprint density at radius 2 is 1.68 bits per heavy atom. The Morgan fingerprint density at radius 3 is 2.25 bits per heavy atom. The Kier molecular flexibility index (Phi) is 7.62. The summed E-state index contributed by atoms with van der Waals surface area (Å²) in [5.41, 5.74) is 0.690. The van der Waals surface area contributed by atoms with Crippen molar-refractivity contribution in [3.05, 3.63) is 53.6 Å². The first-order valence-electron chi connectivity index (χ1n) is 8.51. The van der Waals surface area contributed by atoms with Crippen LogP contribution in [-0.2, 0) is 17.2 Å². The van der Waals surface area contributed by atoms with Gasteiger partial charge in [-0.3, -0.25) is 9.20 Å². The van der Waals surface area contributed by atoms with Crippen LogP contribution in [0.25, 0.3) is 0 Å². The molecule has 0 N–H and O–H groups in total. The summed E-state index contributed by atoms with van der Waals surface area (Å²) in [7, 11) is 1.18. The van der Waals surface area contributed by atoms with Crippen molar-refractivity contribution in [3.8, 4) is 11.5 Å². The van der Waals surface area contributed by atoms with Gasteiger partial charge in [0.15, 0.2) is 11.5 Å². The number of nitrogens with zero attached hydrogens (tertiary/aromatic N) is 1. The Morgan fingerprint density at radius 1 is 1.04 bits per heavy atom. The third kappa shape index (κ3) is 6.09. The van der Waals surface area contributed by atoms with Crippen LogP contribution in [0.5, 0.6) is 11.5 Å². The maximum absolute atomic E-state index is 13.3. The van der Waals surface area contributed by atoms with E-state index in [1.807, 2.05) is 6.92 Å². The molecule has 0 radical (unpaired) electrons. The predicted octanol–water partition coefficient (Wildman–Crippen LogP) is 4.37. The molecule has 0 spiro atoms. The molecule has 0 bridgehead atoms. The molecule has 1 unspecified atom stereocenters. The van der Waals surface area contributed by atoms with Gasteiger partial charge in [-0.05, 0) is 43.2 Å². The highest BCUT2D eigenvalue weighted by Gasteiger charge is 2.36. The fourth-order valence-electron chi connectivity index (χ4n) is 2.47. The molecule has 0 aliphatic rings. The third-order valence-electron chi connectivity index (χ3n) is 4.03. The number of hydrogen-bond donors (Lipinski definition) is 0. The van der Waals surface area contributed by atoms with Crippen LogP contribution in [0, 0.1) is 6.92 Å². The smallest absolute Gasteiger partial charge is 0.429 e. The maximum Gasteiger partial charge on any atom is 0.429 e. The number of rotatable bonds is 8. The topological polar surface area (TPSA) is 47.9 Å². The van der Waals surface area contributed by atoms with Crippen LogP contribution >= 0.6 is 0 Å². The second-order valence-corrected chi connectivity index (χ2v) is 7.52. The van der Waals surface area contributed by atoms with E-state index in [1.165, 1.54) is 14.2 Å². The average Bonchev–Trinajstić information content (AvgIpc) is 2.66. The predicted molar refractivity (Wildman–Crippen MR) is 104 cm³/mol. The van der Waals surface area contributed by atoms with Gasteiger partial charge >= 0.3 is 6.18 Å². The molecule has 28 heavy (non-hydrogen) atoms. The number of ether oxygens (including phenoxy) is 2. The molecule has 152 valence electrons. The van der Waals surface area contributed by atoms with Crippen molar-refractivity contribution in [3.63, 3.8) is 0 Å². The van der Waals surface area contributed by atoms with Gasteiger partial charge in [0.25, 0.3) is 0 Å². The van der Waals surface area contributed by atoms with Gasteiger partial charge in [-0.1, -0.05) is 23.8 Å². The minimum Gasteiger partial charge on any atom is -0.493 e. The highest BCUT2D eigenvalue weighted by molar-refractivity contribution is 7.85. The van der Waals surface area contributed by atoms with Crippen LogP contribution in [0.3, 0.4) is 0 Å².